The van der Waals surface area contributed by atoms with Gasteiger partial charge in [0.15, 0.2) is 11.5 Å². The fourth-order valence-electron chi connectivity index (χ4n) is 2.22. The van der Waals surface area contributed by atoms with Crippen molar-refractivity contribution in [1.82, 2.24) is 0 Å². The van der Waals surface area contributed by atoms with E-state index in [1.165, 1.54) is 18.2 Å². The minimum atomic E-state index is -0.903. The number of rotatable bonds is 2. The lowest BCUT2D eigenvalue weighted by molar-refractivity contribution is 0.219. The molecule has 0 fully saturated rings. The molecule has 5 heteroatoms. The second-order valence-corrected chi connectivity index (χ2v) is 5.24. The molecule has 2 aromatic carbocycles. The van der Waals surface area contributed by atoms with Gasteiger partial charge in [0.1, 0.15) is 11.9 Å². The van der Waals surface area contributed by atoms with Gasteiger partial charge in [-0.1, -0.05) is 23.7 Å². The van der Waals surface area contributed by atoms with Gasteiger partial charge in [0.2, 0.25) is 0 Å². The summed E-state index contributed by atoms with van der Waals surface area (Å²) in [5.41, 5.74) is 1.16. The van der Waals surface area contributed by atoms with Crippen LogP contribution in [0.25, 0.3) is 0 Å². The van der Waals surface area contributed by atoms with E-state index in [-0.39, 0.29) is 5.02 Å². The van der Waals surface area contributed by atoms with Crippen molar-refractivity contribution >= 4 is 11.6 Å². The third-order valence-corrected chi connectivity index (χ3v) is 3.64. The van der Waals surface area contributed by atoms with Crippen molar-refractivity contribution in [1.29, 1.82) is 0 Å². The molecular weight excluding hydrogens is 295 g/mol. The second-order valence-electron chi connectivity index (χ2n) is 4.83. The molecule has 1 heterocycles. The largest absolute Gasteiger partial charge is 0.490 e. The lowest BCUT2D eigenvalue weighted by atomic mass is 10.0. The molecule has 2 aromatic rings. The second kappa shape index (κ2) is 5.92. The monoisotopic (exact) mass is 308 g/mol. The van der Waals surface area contributed by atoms with Crippen molar-refractivity contribution in [2.24, 2.45) is 0 Å². The molecule has 0 aliphatic carbocycles. The number of halogens is 2. The zero-order valence-electron chi connectivity index (χ0n) is 11.2. The Morgan fingerprint density at radius 2 is 1.67 bits per heavy atom. The van der Waals surface area contributed by atoms with Gasteiger partial charge in [0.05, 0.1) is 18.2 Å². The summed E-state index contributed by atoms with van der Waals surface area (Å²) in [6, 6.07) is 9.44. The van der Waals surface area contributed by atoms with Gasteiger partial charge in [-0.05, 0) is 35.4 Å². The molecule has 3 nitrogen and oxygen atoms in total. The topological polar surface area (TPSA) is 38.7 Å². The Kier molecular flexibility index (Phi) is 3.99. The molecule has 1 aliphatic rings. The van der Waals surface area contributed by atoms with Gasteiger partial charge in [0.25, 0.3) is 0 Å². The Morgan fingerprint density at radius 1 is 1.00 bits per heavy atom. The highest BCUT2D eigenvalue weighted by atomic mass is 35.5. The lowest BCUT2D eigenvalue weighted by Crippen LogP contribution is -2.01. The molecular formula is C16H14ClFO3. The molecule has 0 amide bonds. The maximum absolute atomic E-state index is 13.2. The SMILES string of the molecule is OC(c1ccc(F)c(Cl)c1)c1ccc2c(c1)OCCCO2. The molecule has 1 aliphatic heterocycles. The minimum Gasteiger partial charge on any atom is -0.490 e. The van der Waals surface area contributed by atoms with E-state index >= 15 is 0 Å². The molecule has 1 N–H and O–H groups in total. The number of hydrogen-bond acceptors (Lipinski definition) is 3. The molecule has 0 bridgehead atoms. The molecule has 0 saturated heterocycles. The fraction of sp³-hybridized carbons (Fsp3) is 0.250. The average molecular weight is 309 g/mol. The standard InChI is InChI=1S/C16H14ClFO3/c17-12-8-10(2-4-13(12)18)16(19)11-3-5-14-15(9-11)21-7-1-6-20-14/h2-5,8-9,16,19H,1,6-7H2. The van der Waals surface area contributed by atoms with E-state index in [9.17, 15) is 9.50 Å². The Hall–Kier alpha value is -1.78. The van der Waals surface area contributed by atoms with E-state index in [4.69, 9.17) is 21.1 Å². The van der Waals surface area contributed by atoms with Crippen molar-refractivity contribution in [3.8, 4) is 11.5 Å². The number of benzene rings is 2. The first-order chi connectivity index (χ1) is 10.1. The summed E-state index contributed by atoms with van der Waals surface area (Å²) in [7, 11) is 0. The smallest absolute Gasteiger partial charge is 0.161 e. The van der Waals surface area contributed by atoms with E-state index in [1.54, 1.807) is 18.2 Å². The third-order valence-electron chi connectivity index (χ3n) is 3.35. The summed E-state index contributed by atoms with van der Waals surface area (Å²) in [5, 5.41) is 10.4. The first-order valence-electron chi connectivity index (χ1n) is 6.68. The molecule has 0 aromatic heterocycles. The first-order valence-corrected chi connectivity index (χ1v) is 7.05. The van der Waals surface area contributed by atoms with Gasteiger partial charge in [-0.2, -0.15) is 0 Å². The molecule has 1 atom stereocenters. The molecule has 0 saturated carbocycles. The Morgan fingerprint density at radius 3 is 2.43 bits per heavy atom. The van der Waals surface area contributed by atoms with Crippen molar-refractivity contribution in [2.45, 2.75) is 12.5 Å². The number of aliphatic hydroxyl groups excluding tert-OH is 1. The van der Waals surface area contributed by atoms with Crippen LogP contribution < -0.4 is 9.47 Å². The van der Waals surface area contributed by atoms with Gasteiger partial charge < -0.3 is 14.6 Å². The van der Waals surface area contributed by atoms with Crippen LogP contribution in [-0.2, 0) is 0 Å². The van der Waals surface area contributed by atoms with Crippen LogP contribution in [0.1, 0.15) is 23.7 Å². The van der Waals surface area contributed by atoms with Gasteiger partial charge in [-0.25, -0.2) is 4.39 Å². The number of ether oxygens (including phenoxy) is 2. The highest BCUT2D eigenvalue weighted by molar-refractivity contribution is 6.30. The fourth-order valence-corrected chi connectivity index (χ4v) is 2.41. The van der Waals surface area contributed by atoms with Crippen LogP contribution in [-0.4, -0.2) is 18.3 Å². The summed E-state index contributed by atoms with van der Waals surface area (Å²) in [6.45, 7) is 1.19. The normalized spacial score (nSPS) is 15.4. The van der Waals surface area contributed by atoms with Crippen molar-refractivity contribution in [3.63, 3.8) is 0 Å². The van der Waals surface area contributed by atoms with Crippen molar-refractivity contribution < 1.29 is 19.0 Å². The number of hydrogen-bond donors (Lipinski definition) is 1. The van der Waals surface area contributed by atoms with Crippen LogP contribution in [0, 0.1) is 5.82 Å². The number of fused-ring (bicyclic) bond motifs is 1. The summed E-state index contributed by atoms with van der Waals surface area (Å²) in [5.74, 6) is 0.768. The zero-order valence-corrected chi connectivity index (χ0v) is 11.9. The highest BCUT2D eigenvalue weighted by Gasteiger charge is 2.17. The Balaban J connectivity index is 1.92. The minimum absolute atomic E-state index is 0.0131. The number of aliphatic hydroxyl groups is 1. The first kappa shape index (κ1) is 14.2. The predicted molar refractivity (Wildman–Crippen MR) is 77.5 cm³/mol. The predicted octanol–water partition coefficient (Wildman–Crippen LogP) is 3.72. The Bertz CT molecular complexity index is 660. The van der Waals surface area contributed by atoms with Crippen LogP contribution in [0.15, 0.2) is 36.4 Å². The quantitative estimate of drug-likeness (QED) is 0.919. The van der Waals surface area contributed by atoms with E-state index in [1.807, 2.05) is 0 Å². The maximum Gasteiger partial charge on any atom is 0.161 e. The van der Waals surface area contributed by atoms with Crippen molar-refractivity contribution in [2.75, 3.05) is 13.2 Å². The zero-order chi connectivity index (χ0) is 14.8. The molecule has 0 spiro atoms. The summed E-state index contributed by atoms with van der Waals surface area (Å²) >= 11 is 5.75. The van der Waals surface area contributed by atoms with Gasteiger partial charge in [0, 0.05) is 6.42 Å². The highest BCUT2D eigenvalue weighted by Crippen LogP contribution is 2.34. The summed E-state index contributed by atoms with van der Waals surface area (Å²) in [4.78, 5) is 0. The molecule has 21 heavy (non-hydrogen) atoms. The lowest BCUT2D eigenvalue weighted by Gasteiger charge is -2.15. The third kappa shape index (κ3) is 2.96. The van der Waals surface area contributed by atoms with Crippen LogP contribution in [0.4, 0.5) is 4.39 Å². The van der Waals surface area contributed by atoms with Gasteiger partial charge in [-0.3, -0.25) is 0 Å². The average Bonchev–Trinajstić information content (AvgIpc) is 2.73. The van der Waals surface area contributed by atoms with Gasteiger partial charge >= 0.3 is 0 Å². The van der Waals surface area contributed by atoms with Crippen LogP contribution in [0.3, 0.4) is 0 Å². The van der Waals surface area contributed by atoms with Crippen LogP contribution >= 0.6 is 11.6 Å². The van der Waals surface area contributed by atoms with E-state index in [2.05, 4.69) is 0 Å². The molecule has 3 rings (SSSR count). The summed E-state index contributed by atoms with van der Waals surface area (Å²) < 4.78 is 24.3. The van der Waals surface area contributed by atoms with E-state index in [0.717, 1.165) is 6.42 Å². The van der Waals surface area contributed by atoms with Crippen molar-refractivity contribution in [3.05, 3.63) is 58.4 Å². The molecule has 0 radical (unpaired) electrons. The van der Waals surface area contributed by atoms with Gasteiger partial charge in [-0.15, -0.1) is 0 Å². The molecule has 1 unspecified atom stereocenters. The van der Waals surface area contributed by atoms with Crippen LogP contribution in [0.2, 0.25) is 5.02 Å². The van der Waals surface area contributed by atoms with Crippen LogP contribution in [0.5, 0.6) is 11.5 Å². The van der Waals surface area contributed by atoms with E-state index < -0.39 is 11.9 Å². The molecule has 110 valence electrons. The summed E-state index contributed by atoms with van der Waals surface area (Å²) in [6.07, 6.45) is -0.0830. The Labute approximate surface area is 126 Å². The maximum atomic E-state index is 13.2. The van der Waals surface area contributed by atoms with E-state index in [0.29, 0.717) is 35.8 Å².